The normalized spacial score (nSPS) is 14.1. The maximum atomic E-state index is 12.6. The molecule has 0 aliphatic rings. The molecule has 2 aromatic carbocycles. The summed E-state index contributed by atoms with van der Waals surface area (Å²) in [5, 5.41) is 0.00978. The lowest BCUT2D eigenvalue weighted by Crippen LogP contribution is -2.42. The standard InChI is InChI=1S/C21H30O4SSi/c1-17-12-14-19(15-13-17)26(22,23)24-16-20(18-10-8-7-9-11-18)25-27(5,6)21(2,3)4/h7-15,20H,16H2,1-6H3. The van der Waals surface area contributed by atoms with E-state index in [0.717, 1.165) is 11.1 Å². The molecule has 27 heavy (non-hydrogen) atoms. The lowest BCUT2D eigenvalue weighted by atomic mass is 10.1. The maximum Gasteiger partial charge on any atom is 0.297 e. The van der Waals surface area contributed by atoms with Gasteiger partial charge in [0.2, 0.25) is 0 Å². The molecule has 1 atom stereocenters. The SMILES string of the molecule is Cc1ccc(S(=O)(=O)OCC(O[Si](C)(C)C(C)(C)C)c2ccccc2)cc1. The van der Waals surface area contributed by atoms with E-state index in [1.54, 1.807) is 24.3 Å². The van der Waals surface area contributed by atoms with E-state index >= 15 is 0 Å². The summed E-state index contributed by atoms with van der Waals surface area (Å²) in [6.45, 7) is 12.6. The smallest absolute Gasteiger partial charge is 0.297 e. The minimum absolute atomic E-state index is 0.00978. The van der Waals surface area contributed by atoms with Gasteiger partial charge in [-0.05, 0) is 42.8 Å². The fourth-order valence-corrected chi connectivity index (χ4v) is 4.50. The van der Waals surface area contributed by atoms with E-state index in [2.05, 4.69) is 33.9 Å². The van der Waals surface area contributed by atoms with Crippen molar-refractivity contribution in [3.05, 3.63) is 65.7 Å². The summed E-state index contributed by atoms with van der Waals surface area (Å²) in [6.07, 6.45) is -0.438. The molecule has 2 rings (SSSR count). The Morgan fingerprint density at radius 2 is 1.52 bits per heavy atom. The summed E-state index contributed by atoms with van der Waals surface area (Å²) in [7, 11) is -5.94. The van der Waals surface area contributed by atoms with Crippen LogP contribution in [0.1, 0.15) is 38.0 Å². The van der Waals surface area contributed by atoms with Gasteiger partial charge in [0.05, 0.1) is 17.6 Å². The molecule has 6 heteroatoms. The van der Waals surface area contributed by atoms with E-state index in [4.69, 9.17) is 8.61 Å². The van der Waals surface area contributed by atoms with Crippen molar-refractivity contribution in [2.24, 2.45) is 0 Å². The molecule has 0 aliphatic heterocycles. The maximum absolute atomic E-state index is 12.6. The van der Waals surface area contributed by atoms with E-state index in [1.807, 2.05) is 37.3 Å². The summed E-state index contributed by atoms with van der Waals surface area (Å²) < 4.78 is 37.0. The Morgan fingerprint density at radius 3 is 2.04 bits per heavy atom. The average Bonchev–Trinajstić information content (AvgIpc) is 2.59. The van der Waals surface area contributed by atoms with Gasteiger partial charge in [-0.15, -0.1) is 0 Å². The van der Waals surface area contributed by atoms with E-state index in [1.165, 1.54) is 0 Å². The minimum atomic E-state index is -3.84. The summed E-state index contributed by atoms with van der Waals surface area (Å²) in [4.78, 5) is 0.159. The molecule has 0 heterocycles. The van der Waals surface area contributed by atoms with Gasteiger partial charge in [0.1, 0.15) is 0 Å². The van der Waals surface area contributed by atoms with Crippen LogP contribution in [-0.2, 0) is 18.7 Å². The van der Waals surface area contributed by atoms with Crippen LogP contribution in [-0.4, -0.2) is 23.3 Å². The second-order valence-corrected chi connectivity index (χ2v) is 14.7. The molecular weight excluding hydrogens is 376 g/mol. The highest BCUT2D eigenvalue weighted by Crippen LogP contribution is 2.40. The second kappa shape index (κ2) is 8.27. The van der Waals surface area contributed by atoms with Crippen molar-refractivity contribution in [1.29, 1.82) is 0 Å². The quantitative estimate of drug-likeness (QED) is 0.452. The molecule has 0 N–H and O–H groups in total. The predicted octanol–water partition coefficient (Wildman–Crippen LogP) is 5.46. The van der Waals surface area contributed by atoms with Crippen molar-refractivity contribution in [2.45, 2.75) is 56.8 Å². The third kappa shape index (κ3) is 5.75. The monoisotopic (exact) mass is 406 g/mol. The molecule has 0 aromatic heterocycles. The first-order valence-electron chi connectivity index (χ1n) is 9.11. The first-order valence-corrected chi connectivity index (χ1v) is 13.4. The second-order valence-electron chi connectivity index (χ2n) is 8.33. The molecule has 0 saturated carbocycles. The zero-order valence-corrected chi connectivity index (χ0v) is 18.8. The van der Waals surface area contributed by atoms with Crippen LogP contribution in [0.15, 0.2) is 59.5 Å². The first kappa shape index (κ1) is 21.8. The zero-order valence-electron chi connectivity index (χ0n) is 17.0. The molecule has 2 aromatic rings. The molecule has 148 valence electrons. The van der Waals surface area contributed by atoms with Gasteiger partial charge < -0.3 is 4.43 Å². The number of hydrogen-bond donors (Lipinski definition) is 0. The van der Waals surface area contributed by atoms with Gasteiger partial charge >= 0.3 is 0 Å². The van der Waals surface area contributed by atoms with Crippen LogP contribution in [0.4, 0.5) is 0 Å². The Bertz CT molecular complexity index is 838. The molecule has 0 radical (unpaired) electrons. The summed E-state index contributed by atoms with van der Waals surface area (Å²) in [5.41, 5.74) is 1.92. The van der Waals surface area contributed by atoms with Gasteiger partial charge in [0.15, 0.2) is 8.32 Å². The average molecular weight is 407 g/mol. The fraction of sp³-hybridized carbons (Fsp3) is 0.429. The third-order valence-corrected chi connectivity index (χ3v) is 10.9. The van der Waals surface area contributed by atoms with Gasteiger partial charge in [-0.1, -0.05) is 68.8 Å². The Morgan fingerprint density at radius 1 is 0.963 bits per heavy atom. The molecule has 0 bridgehead atoms. The van der Waals surface area contributed by atoms with Crippen molar-refractivity contribution < 1.29 is 17.0 Å². The number of benzene rings is 2. The van der Waals surface area contributed by atoms with Crippen molar-refractivity contribution in [3.8, 4) is 0 Å². The Hall–Kier alpha value is -1.47. The summed E-state index contributed by atoms with van der Waals surface area (Å²) in [6, 6.07) is 16.3. The Labute approximate surface area is 164 Å². The molecule has 0 aliphatic carbocycles. The van der Waals surface area contributed by atoms with E-state index in [0.29, 0.717) is 0 Å². The van der Waals surface area contributed by atoms with Crippen molar-refractivity contribution >= 4 is 18.4 Å². The molecular formula is C21H30O4SSi. The zero-order chi connectivity index (χ0) is 20.3. The van der Waals surface area contributed by atoms with Gasteiger partial charge in [-0.25, -0.2) is 0 Å². The van der Waals surface area contributed by atoms with Crippen LogP contribution in [0, 0.1) is 6.92 Å². The summed E-state index contributed by atoms with van der Waals surface area (Å²) >= 11 is 0. The minimum Gasteiger partial charge on any atom is -0.408 e. The summed E-state index contributed by atoms with van der Waals surface area (Å²) in [5.74, 6) is 0. The lowest BCUT2D eigenvalue weighted by molar-refractivity contribution is 0.119. The molecule has 0 spiro atoms. The largest absolute Gasteiger partial charge is 0.408 e. The van der Waals surface area contributed by atoms with Crippen LogP contribution in [0.2, 0.25) is 18.1 Å². The van der Waals surface area contributed by atoms with Gasteiger partial charge in [0.25, 0.3) is 10.1 Å². The van der Waals surface area contributed by atoms with E-state index in [-0.39, 0.29) is 16.5 Å². The molecule has 0 amide bonds. The highest BCUT2D eigenvalue weighted by molar-refractivity contribution is 7.86. The van der Waals surface area contributed by atoms with Gasteiger partial charge in [0, 0.05) is 0 Å². The highest BCUT2D eigenvalue weighted by Gasteiger charge is 2.39. The lowest BCUT2D eigenvalue weighted by Gasteiger charge is -2.39. The van der Waals surface area contributed by atoms with E-state index in [9.17, 15) is 8.42 Å². The number of rotatable bonds is 7. The number of hydrogen-bond acceptors (Lipinski definition) is 4. The van der Waals surface area contributed by atoms with Crippen molar-refractivity contribution in [2.75, 3.05) is 6.61 Å². The van der Waals surface area contributed by atoms with Gasteiger partial charge in [-0.2, -0.15) is 8.42 Å². The molecule has 1 unspecified atom stereocenters. The van der Waals surface area contributed by atoms with E-state index < -0.39 is 24.5 Å². The third-order valence-electron chi connectivity index (χ3n) is 5.10. The fourth-order valence-electron chi connectivity index (χ4n) is 2.32. The molecule has 0 saturated heterocycles. The first-order chi connectivity index (χ1) is 12.4. The van der Waals surface area contributed by atoms with Crippen LogP contribution < -0.4 is 0 Å². The predicted molar refractivity (Wildman–Crippen MR) is 112 cm³/mol. The number of aryl methyl sites for hydroxylation is 1. The topological polar surface area (TPSA) is 52.6 Å². The highest BCUT2D eigenvalue weighted by atomic mass is 32.2. The van der Waals surface area contributed by atoms with Gasteiger partial charge in [-0.3, -0.25) is 4.18 Å². The van der Waals surface area contributed by atoms with Crippen LogP contribution in [0.5, 0.6) is 0 Å². The van der Waals surface area contributed by atoms with Crippen LogP contribution in [0.25, 0.3) is 0 Å². The van der Waals surface area contributed by atoms with Crippen LogP contribution >= 0.6 is 0 Å². The Balaban J connectivity index is 2.23. The van der Waals surface area contributed by atoms with Crippen molar-refractivity contribution in [1.82, 2.24) is 0 Å². The Kier molecular flexibility index (Phi) is 6.68. The molecule has 4 nitrogen and oxygen atoms in total. The van der Waals surface area contributed by atoms with Crippen molar-refractivity contribution in [3.63, 3.8) is 0 Å². The van der Waals surface area contributed by atoms with Crippen LogP contribution in [0.3, 0.4) is 0 Å². The molecule has 0 fully saturated rings.